The molecule has 3 rings (SSSR count). The van der Waals surface area contributed by atoms with Crippen LogP contribution in [0, 0.1) is 0 Å². The molecule has 0 spiro atoms. The van der Waals surface area contributed by atoms with Crippen molar-refractivity contribution in [3.8, 4) is 17.2 Å². The van der Waals surface area contributed by atoms with Gasteiger partial charge in [0, 0.05) is 18.0 Å². The van der Waals surface area contributed by atoms with Crippen molar-refractivity contribution in [3.63, 3.8) is 0 Å². The van der Waals surface area contributed by atoms with E-state index in [1.54, 1.807) is 4.57 Å². The maximum Gasteiger partial charge on any atom is 0.297 e. The number of fused-ring (bicyclic) bond motifs is 1. The maximum absolute atomic E-state index is 13.5. The predicted octanol–water partition coefficient (Wildman–Crippen LogP) is 7.61. The van der Waals surface area contributed by atoms with Gasteiger partial charge in [0.15, 0.2) is 5.75 Å². The molecular formula is C30H41NO4. The van der Waals surface area contributed by atoms with E-state index < -0.39 is 0 Å². The molecule has 0 unspecified atom stereocenters. The number of aromatic hydroxyl groups is 1. The summed E-state index contributed by atoms with van der Waals surface area (Å²) >= 11 is 0. The third-order valence-electron chi connectivity index (χ3n) is 6.40. The average Bonchev–Trinajstić information content (AvgIpc) is 2.88. The number of aromatic nitrogens is 1. The van der Waals surface area contributed by atoms with E-state index in [1.807, 2.05) is 48.5 Å². The van der Waals surface area contributed by atoms with E-state index in [0.29, 0.717) is 24.1 Å². The number of benzene rings is 2. The van der Waals surface area contributed by atoms with Crippen LogP contribution < -0.4 is 15.0 Å². The minimum Gasteiger partial charge on any atom is -0.504 e. The first-order valence-electron chi connectivity index (χ1n) is 13.3. The largest absolute Gasteiger partial charge is 0.504 e. The van der Waals surface area contributed by atoms with Crippen molar-refractivity contribution in [2.24, 2.45) is 0 Å². The van der Waals surface area contributed by atoms with E-state index in [1.165, 1.54) is 38.5 Å². The zero-order valence-corrected chi connectivity index (χ0v) is 21.4. The lowest BCUT2D eigenvalue weighted by Crippen LogP contribution is -2.23. The second kappa shape index (κ2) is 14.4. The molecule has 0 fully saturated rings. The van der Waals surface area contributed by atoms with Gasteiger partial charge in [-0.25, -0.2) is 0 Å². The molecule has 0 radical (unpaired) electrons. The number of nitrogens with zero attached hydrogens (tertiary/aromatic N) is 1. The van der Waals surface area contributed by atoms with Gasteiger partial charge in [-0.3, -0.25) is 4.79 Å². The molecule has 1 aromatic heterocycles. The van der Waals surface area contributed by atoms with Gasteiger partial charge in [0.2, 0.25) is 5.75 Å². The van der Waals surface area contributed by atoms with Gasteiger partial charge in [0.25, 0.3) is 5.56 Å². The van der Waals surface area contributed by atoms with Gasteiger partial charge in [0.1, 0.15) is 12.4 Å². The fourth-order valence-corrected chi connectivity index (χ4v) is 4.33. The highest BCUT2D eigenvalue weighted by Crippen LogP contribution is 2.34. The van der Waals surface area contributed by atoms with Gasteiger partial charge >= 0.3 is 0 Å². The summed E-state index contributed by atoms with van der Waals surface area (Å²) in [7, 11) is 0. The van der Waals surface area contributed by atoms with E-state index in [2.05, 4.69) is 13.8 Å². The summed E-state index contributed by atoms with van der Waals surface area (Å²) < 4.78 is 13.6. The van der Waals surface area contributed by atoms with Crippen LogP contribution in [0.15, 0.2) is 53.3 Å². The normalized spacial score (nSPS) is 11.1. The molecule has 5 nitrogen and oxygen atoms in total. The summed E-state index contributed by atoms with van der Waals surface area (Å²) in [5.41, 5.74) is 1.35. The maximum atomic E-state index is 13.5. The Kier molecular flexibility index (Phi) is 11.0. The minimum atomic E-state index is -0.292. The van der Waals surface area contributed by atoms with Crippen LogP contribution in [0.25, 0.3) is 10.9 Å². The summed E-state index contributed by atoms with van der Waals surface area (Å²) in [6, 6.07) is 15.3. The monoisotopic (exact) mass is 479 g/mol. The van der Waals surface area contributed by atoms with E-state index in [9.17, 15) is 9.90 Å². The summed E-state index contributed by atoms with van der Waals surface area (Å²) in [6.07, 6.45) is 11.4. The van der Waals surface area contributed by atoms with Gasteiger partial charge in [-0.05, 0) is 30.5 Å². The highest BCUT2D eigenvalue weighted by Gasteiger charge is 2.18. The Morgan fingerprint density at radius 2 is 1.49 bits per heavy atom. The first-order chi connectivity index (χ1) is 17.2. The lowest BCUT2D eigenvalue weighted by atomic mass is 10.1. The van der Waals surface area contributed by atoms with Gasteiger partial charge < -0.3 is 19.1 Å². The van der Waals surface area contributed by atoms with Crippen LogP contribution in [-0.4, -0.2) is 16.3 Å². The first kappa shape index (κ1) is 26.7. The number of unbranched alkanes of at least 4 members (excludes halogenated alkanes) is 8. The van der Waals surface area contributed by atoms with E-state index in [0.717, 1.165) is 37.0 Å². The van der Waals surface area contributed by atoms with Crippen LogP contribution in [-0.2, 0) is 13.2 Å². The zero-order chi connectivity index (χ0) is 24.9. The van der Waals surface area contributed by atoms with Gasteiger partial charge in [0.05, 0.1) is 12.1 Å². The Morgan fingerprint density at radius 3 is 2.23 bits per heavy atom. The third kappa shape index (κ3) is 7.78. The summed E-state index contributed by atoms with van der Waals surface area (Å²) in [5, 5.41) is 11.6. The molecule has 0 bridgehead atoms. The molecule has 2 aromatic carbocycles. The second-order valence-corrected chi connectivity index (χ2v) is 9.26. The molecule has 3 aromatic rings. The fraction of sp³-hybridized carbons (Fsp3) is 0.500. The van der Waals surface area contributed by atoms with Crippen LogP contribution in [0.2, 0.25) is 0 Å². The highest BCUT2D eigenvalue weighted by molar-refractivity contribution is 5.88. The van der Waals surface area contributed by atoms with E-state index >= 15 is 0 Å². The average molecular weight is 480 g/mol. The Bertz CT molecular complexity index is 1090. The number of hydrogen-bond acceptors (Lipinski definition) is 4. The Hall–Kier alpha value is -2.95. The van der Waals surface area contributed by atoms with Gasteiger partial charge in [-0.2, -0.15) is 0 Å². The Labute approximate surface area is 209 Å². The van der Waals surface area contributed by atoms with Crippen LogP contribution in [0.5, 0.6) is 17.2 Å². The van der Waals surface area contributed by atoms with Crippen molar-refractivity contribution in [1.29, 1.82) is 0 Å². The van der Waals surface area contributed by atoms with Crippen molar-refractivity contribution in [2.45, 2.75) is 91.2 Å². The Morgan fingerprint density at radius 1 is 0.800 bits per heavy atom. The minimum absolute atomic E-state index is 0.0144. The molecule has 0 saturated carbocycles. The van der Waals surface area contributed by atoms with Crippen molar-refractivity contribution in [1.82, 2.24) is 4.57 Å². The topological polar surface area (TPSA) is 60.7 Å². The summed E-state index contributed by atoms with van der Waals surface area (Å²) in [5.74, 6) is 0.637. The van der Waals surface area contributed by atoms with Gasteiger partial charge in [-0.15, -0.1) is 0 Å². The molecule has 1 N–H and O–H groups in total. The van der Waals surface area contributed by atoms with Crippen LogP contribution in [0.4, 0.5) is 0 Å². The van der Waals surface area contributed by atoms with Crippen molar-refractivity contribution >= 4 is 10.9 Å². The smallest absolute Gasteiger partial charge is 0.297 e. The number of ether oxygens (including phenoxy) is 2. The van der Waals surface area contributed by atoms with Crippen LogP contribution in [0.3, 0.4) is 0 Å². The number of aryl methyl sites for hydroxylation is 1. The fourth-order valence-electron chi connectivity index (χ4n) is 4.33. The third-order valence-corrected chi connectivity index (χ3v) is 6.40. The van der Waals surface area contributed by atoms with Crippen LogP contribution in [0.1, 0.15) is 83.6 Å². The molecule has 5 heteroatoms. The highest BCUT2D eigenvalue weighted by atomic mass is 16.5. The first-order valence-corrected chi connectivity index (χ1v) is 13.3. The number of pyridine rings is 1. The predicted molar refractivity (Wildman–Crippen MR) is 144 cm³/mol. The van der Waals surface area contributed by atoms with Crippen LogP contribution >= 0.6 is 0 Å². The molecular weight excluding hydrogens is 438 g/mol. The quantitative estimate of drug-likeness (QED) is 0.215. The van der Waals surface area contributed by atoms with Crippen molar-refractivity contribution in [3.05, 3.63) is 64.4 Å². The SMILES string of the molecule is CCCCCCCCn1c(=O)c(OCc2ccccc2)c(O)c2ccc(OCCCCCC)cc21. The molecule has 0 aliphatic rings. The van der Waals surface area contributed by atoms with E-state index in [4.69, 9.17) is 9.47 Å². The Balaban J connectivity index is 1.85. The molecule has 0 aliphatic carbocycles. The lowest BCUT2D eigenvalue weighted by Gasteiger charge is -2.17. The molecule has 0 aliphatic heterocycles. The zero-order valence-electron chi connectivity index (χ0n) is 21.4. The number of rotatable bonds is 16. The second-order valence-electron chi connectivity index (χ2n) is 9.26. The summed E-state index contributed by atoms with van der Waals surface area (Å²) in [6.45, 7) is 5.87. The van der Waals surface area contributed by atoms with Crippen molar-refractivity contribution < 1.29 is 14.6 Å². The summed E-state index contributed by atoms with van der Waals surface area (Å²) in [4.78, 5) is 13.5. The molecule has 0 amide bonds. The molecule has 1 heterocycles. The molecule has 0 atom stereocenters. The number of hydrogen-bond donors (Lipinski definition) is 1. The molecule has 190 valence electrons. The standard InChI is InChI=1S/C30H41NO4/c1-3-5-7-9-10-14-20-31-27-22-25(34-21-15-8-6-4-2)18-19-26(27)28(32)29(30(31)33)35-23-24-16-12-11-13-17-24/h11-13,16-19,22,32H,3-10,14-15,20-21,23H2,1-2H3. The lowest BCUT2D eigenvalue weighted by molar-refractivity contribution is 0.283. The van der Waals surface area contributed by atoms with Gasteiger partial charge in [-0.1, -0.05) is 95.5 Å². The molecule has 35 heavy (non-hydrogen) atoms. The molecule has 0 saturated heterocycles. The van der Waals surface area contributed by atoms with E-state index in [-0.39, 0.29) is 23.7 Å². The van der Waals surface area contributed by atoms with Crippen molar-refractivity contribution in [2.75, 3.05) is 6.61 Å².